The van der Waals surface area contributed by atoms with Crippen LogP contribution in [0.1, 0.15) is 12.8 Å². The second-order valence-corrected chi connectivity index (χ2v) is 6.88. The molecule has 4 N–H and O–H groups in total. The quantitative estimate of drug-likeness (QED) is 0.741. The number of sulfonamides is 1. The fourth-order valence-electron chi connectivity index (χ4n) is 1.99. The van der Waals surface area contributed by atoms with Crippen LogP contribution < -0.4 is 15.8 Å². The van der Waals surface area contributed by atoms with Crippen LogP contribution in [0.2, 0.25) is 0 Å². The van der Waals surface area contributed by atoms with Crippen LogP contribution in [0.5, 0.6) is 0 Å². The van der Waals surface area contributed by atoms with Crippen molar-refractivity contribution in [3.63, 3.8) is 0 Å². The molecule has 6 heteroatoms. The van der Waals surface area contributed by atoms with Crippen molar-refractivity contribution in [3.05, 3.63) is 48.5 Å². The maximum atomic E-state index is 12.0. The topological polar surface area (TPSA) is 84.2 Å². The lowest BCUT2D eigenvalue weighted by atomic mass is 10.2. The zero-order chi connectivity index (χ0) is 14.9. The maximum Gasteiger partial charge on any atom is 0.240 e. The van der Waals surface area contributed by atoms with Crippen LogP contribution in [0.4, 0.5) is 17.1 Å². The van der Waals surface area contributed by atoms with Gasteiger partial charge >= 0.3 is 0 Å². The molecule has 2 aromatic carbocycles. The zero-order valence-electron chi connectivity index (χ0n) is 11.4. The van der Waals surface area contributed by atoms with Crippen LogP contribution in [0.15, 0.2) is 53.4 Å². The highest BCUT2D eigenvalue weighted by Gasteiger charge is 2.27. The first-order chi connectivity index (χ1) is 10.0. The van der Waals surface area contributed by atoms with Crippen molar-refractivity contribution in [1.82, 2.24) is 4.72 Å². The van der Waals surface area contributed by atoms with Crippen LogP contribution >= 0.6 is 0 Å². The van der Waals surface area contributed by atoms with Gasteiger partial charge in [0.1, 0.15) is 0 Å². The summed E-state index contributed by atoms with van der Waals surface area (Å²) < 4.78 is 26.8. The van der Waals surface area contributed by atoms with E-state index in [1.165, 1.54) is 0 Å². The fraction of sp³-hybridized carbons (Fsp3) is 0.200. The summed E-state index contributed by atoms with van der Waals surface area (Å²) in [5.74, 6) is 0. The SMILES string of the molecule is Nc1cccc(Nc2ccc(S(=O)(=O)NC3CC3)cc2)c1. The first-order valence-electron chi connectivity index (χ1n) is 6.78. The second-order valence-electron chi connectivity index (χ2n) is 5.17. The van der Waals surface area contributed by atoms with Crippen molar-refractivity contribution in [2.45, 2.75) is 23.8 Å². The number of rotatable bonds is 5. The summed E-state index contributed by atoms with van der Waals surface area (Å²) in [7, 11) is -3.39. The predicted molar refractivity (Wildman–Crippen MR) is 83.9 cm³/mol. The summed E-state index contributed by atoms with van der Waals surface area (Å²) in [4.78, 5) is 0.285. The molecule has 0 amide bonds. The van der Waals surface area contributed by atoms with E-state index in [4.69, 9.17) is 5.73 Å². The largest absolute Gasteiger partial charge is 0.399 e. The van der Waals surface area contributed by atoms with Crippen LogP contribution in [0.25, 0.3) is 0 Å². The van der Waals surface area contributed by atoms with Gasteiger partial charge in [-0.25, -0.2) is 13.1 Å². The standard InChI is InChI=1S/C15H17N3O2S/c16-11-2-1-3-14(10-11)17-12-6-8-15(9-7-12)21(19,20)18-13-4-5-13/h1-3,6-10,13,17-18H,4-5,16H2. The van der Waals surface area contributed by atoms with Crippen LogP contribution in [-0.2, 0) is 10.0 Å². The van der Waals surface area contributed by atoms with Crippen molar-refractivity contribution in [3.8, 4) is 0 Å². The van der Waals surface area contributed by atoms with Gasteiger partial charge in [0.15, 0.2) is 0 Å². The monoisotopic (exact) mass is 303 g/mol. The molecule has 5 nitrogen and oxygen atoms in total. The molecule has 0 aliphatic heterocycles. The molecule has 1 saturated carbocycles. The Morgan fingerprint density at radius 1 is 1.00 bits per heavy atom. The summed E-state index contributed by atoms with van der Waals surface area (Å²) in [5, 5.41) is 3.18. The van der Waals surface area contributed by atoms with Gasteiger partial charge in [0.25, 0.3) is 0 Å². The van der Waals surface area contributed by atoms with Crippen LogP contribution in [-0.4, -0.2) is 14.5 Å². The Bertz CT molecular complexity index is 738. The molecule has 1 aliphatic carbocycles. The average Bonchev–Trinajstić information content (AvgIpc) is 3.23. The van der Waals surface area contributed by atoms with E-state index in [0.29, 0.717) is 5.69 Å². The van der Waals surface area contributed by atoms with Gasteiger partial charge in [-0.1, -0.05) is 6.07 Å². The van der Waals surface area contributed by atoms with Gasteiger partial charge in [-0.2, -0.15) is 0 Å². The lowest BCUT2D eigenvalue weighted by molar-refractivity contribution is 0.581. The van der Waals surface area contributed by atoms with E-state index in [9.17, 15) is 8.42 Å². The van der Waals surface area contributed by atoms with E-state index in [0.717, 1.165) is 24.2 Å². The molecule has 110 valence electrons. The van der Waals surface area contributed by atoms with E-state index in [2.05, 4.69) is 10.0 Å². The van der Waals surface area contributed by atoms with E-state index in [1.54, 1.807) is 24.3 Å². The molecule has 1 fully saturated rings. The predicted octanol–water partition coefficient (Wildman–Crippen LogP) is 2.45. The minimum absolute atomic E-state index is 0.111. The van der Waals surface area contributed by atoms with E-state index in [1.807, 2.05) is 24.3 Å². The minimum Gasteiger partial charge on any atom is -0.399 e. The molecule has 0 atom stereocenters. The number of hydrogen-bond donors (Lipinski definition) is 3. The van der Waals surface area contributed by atoms with E-state index >= 15 is 0 Å². The van der Waals surface area contributed by atoms with Crippen LogP contribution in [0.3, 0.4) is 0 Å². The first-order valence-corrected chi connectivity index (χ1v) is 8.26. The summed E-state index contributed by atoms with van der Waals surface area (Å²) in [5.41, 5.74) is 8.07. The van der Waals surface area contributed by atoms with Crippen LogP contribution in [0, 0.1) is 0 Å². The molecule has 21 heavy (non-hydrogen) atoms. The third-order valence-corrected chi connectivity index (χ3v) is 4.78. The highest BCUT2D eigenvalue weighted by molar-refractivity contribution is 7.89. The van der Waals surface area contributed by atoms with Gasteiger partial charge < -0.3 is 11.1 Å². The van der Waals surface area contributed by atoms with Crippen molar-refractivity contribution in [2.24, 2.45) is 0 Å². The fourth-order valence-corrected chi connectivity index (χ4v) is 3.29. The number of hydrogen-bond acceptors (Lipinski definition) is 4. The van der Waals surface area contributed by atoms with Gasteiger partial charge in [-0.15, -0.1) is 0 Å². The molecule has 0 heterocycles. The molecular weight excluding hydrogens is 286 g/mol. The Balaban J connectivity index is 1.74. The van der Waals surface area contributed by atoms with Crippen molar-refractivity contribution >= 4 is 27.1 Å². The molecule has 0 aromatic heterocycles. The van der Waals surface area contributed by atoms with E-state index < -0.39 is 10.0 Å². The lowest BCUT2D eigenvalue weighted by Crippen LogP contribution is -2.25. The summed E-state index contributed by atoms with van der Waals surface area (Å²) in [6.45, 7) is 0. The molecule has 2 aromatic rings. The Kier molecular flexibility index (Phi) is 3.57. The van der Waals surface area contributed by atoms with Crippen molar-refractivity contribution < 1.29 is 8.42 Å². The molecular formula is C15H17N3O2S. The number of nitrogens with two attached hydrogens (primary N) is 1. The van der Waals surface area contributed by atoms with Gasteiger partial charge in [-0.05, 0) is 55.3 Å². The molecule has 0 radical (unpaired) electrons. The normalized spacial score (nSPS) is 14.9. The Morgan fingerprint density at radius 2 is 1.71 bits per heavy atom. The van der Waals surface area contributed by atoms with Crippen molar-refractivity contribution in [1.29, 1.82) is 0 Å². The molecule has 0 bridgehead atoms. The molecule has 3 rings (SSSR count). The number of nitrogens with one attached hydrogen (secondary N) is 2. The summed E-state index contributed by atoms with van der Waals surface area (Å²) in [6.07, 6.45) is 1.85. The number of anilines is 3. The number of benzene rings is 2. The number of nitrogen functional groups attached to an aromatic ring is 1. The molecule has 0 saturated heterocycles. The lowest BCUT2D eigenvalue weighted by Gasteiger charge is -2.09. The smallest absolute Gasteiger partial charge is 0.240 e. The summed E-state index contributed by atoms with van der Waals surface area (Å²) >= 11 is 0. The average molecular weight is 303 g/mol. The Labute approximate surface area is 124 Å². The van der Waals surface area contributed by atoms with Gasteiger partial charge in [0.05, 0.1) is 4.90 Å². The Morgan fingerprint density at radius 3 is 2.33 bits per heavy atom. The Hall–Kier alpha value is -2.05. The molecule has 0 unspecified atom stereocenters. The second kappa shape index (κ2) is 5.38. The third kappa shape index (κ3) is 3.53. The highest BCUT2D eigenvalue weighted by atomic mass is 32.2. The molecule has 1 aliphatic rings. The highest BCUT2D eigenvalue weighted by Crippen LogP contribution is 2.24. The van der Waals surface area contributed by atoms with Gasteiger partial charge in [0, 0.05) is 23.1 Å². The van der Waals surface area contributed by atoms with Crippen molar-refractivity contribution in [2.75, 3.05) is 11.1 Å². The maximum absolute atomic E-state index is 12.0. The third-order valence-electron chi connectivity index (χ3n) is 3.24. The molecule has 0 spiro atoms. The van der Waals surface area contributed by atoms with Gasteiger partial charge in [0.2, 0.25) is 10.0 Å². The first kappa shape index (κ1) is 13.9. The minimum atomic E-state index is -3.39. The van der Waals surface area contributed by atoms with Gasteiger partial charge in [-0.3, -0.25) is 0 Å². The summed E-state index contributed by atoms with van der Waals surface area (Å²) in [6, 6.07) is 14.2. The van der Waals surface area contributed by atoms with E-state index in [-0.39, 0.29) is 10.9 Å². The zero-order valence-corrected chi connectivity index (χ0v) is 12.2.